The van der Waals surface area contributed by atoms with Crippen LogP contribution >= 0.6 is 0 Å². The highest BCUT2D eigenvalue weighted by Gasteiger charge is 2.10. The van der Waals surface area contributed by atoms with Crippen LogP contribution in [0.5, 0.6) is 0 Å². The van der Waals surface area contributed by atoms with E-state index in [0.29, 0.717) is 11.3 Å². The smallest absolute Gasteiger partial charge is 0.337 e. The highest BCUT2D eigenvalue weighted by molar-refractivity contribution is 5.92. The Labute approximate surface area is 148 Å². The van der Waals surface area contributed by atoms with E-state index in [4.69, 9.17) is 0 Å². The molecule has 25 heavy (non-hydrogen) atoms. The van der Waals surface area contributed by atoms with Gasteiger partial charge in [-0.15, -0.1) is 0 Å². The summed E-state index contributed by atoms with van der Waals surface area (Å²) in [7, 11) is 1.33. The van der Waals surface area contributed by atoms with Crippen LogP contribution in [0.4, 0.5) is 10.5 Å². The summed E-state index contributed by atoms with van der Waals surface area (Å²) in [6, 6.07) is 14.4. The third kappa shape index (κ3) is 5.35. The molecule has 2 aromatic rings. The Balaban J connectivity index is 1.91. The molecule has 2 N–H and O–H groups in total. The lowest BCUT2D eigenvalue weighted by Crippen LogP contribution is -2.31. The Bertz CT molecular complexity index is 709. The van der Waals surface area contributed by atoms with Gasteiger partial charge >= 0.3 is 12.0 Å². The Kier molecular flexibility index (Phi) is 6.57. The quantitative estimate of drug-likeness (QED) is 0.770. The van der Waals surface area contributed by atoms with Gasteiger partial charge in [-0.3, -0.25) is 0 Å². The maximum Gasteiger partial charge on any atom is 0.337 e. The van der Waals surface area contributed by atoms with Crippen molar-refractivity contribution in [1.29, 1.82) is 0 Å². The predicted molar refractivity (Wildman–Crippen MR) is 98.8 cm³/mol. The highest BCUT2D eigenvalue weighted by atomic mass is 16.5. The standard InChI is InChI=1S/C20H24N2O3/c1-4-5-15-6-8-16(9-7-15)14(2)21-20(24)22-18-12-10-17(11-13-18)19(23)25-3/h6-14H,4-5H2,1-3H3,(H2,21,22,24). The number of amides is 2. The molecule has 1 unspecified atom stereocenters. The molecule has 0 radical (unpaired) electrons. The molecule has 0 saturated heterocycles. The minimum atomic E-state index is -0.406. The van der Waals surface area contributed by atoms with Crippen LogP contribution in [0, 0.1) is 0 Å². The zero-order chi connectivity index (χ0) is 18.2. The number of aryl methyl sites for hydroxylation is 1. The zero-order valence-electron chi connectivity index (χ0n) is 14.8. The molecule has 0 saturated carbocycles. The molecular weight excluding hydrogens is 316 g/mol. The van der Waals surface area contributed by atoms with E-state index in [2.05, 4.69) is 34.4 Å². The van der Waals surface area contributed by atoms with Gasteiger partial charge in [-0.2, -0.15) is 0 Å². The minimum Gasteiger partial charge on any atom is -0.465 e. The van der Waals surface area contributed by atoms with Crippen molar-refractivity contribution in [2.24, 2.45) is 0 Å². The number of hydrogen-bond acceptors (Lipinski definition) is 3. The molecule has 2 amide bonds. The first kappa shape index (κ1) is 18.5. The number of nitrogens with one attached hydrogen (secondary N) is 2. The number of carbonyl (C=O) groups is 2. The van der Waals surface area contributed by atoms with E-state index in [-0.39, 0.29) is 12.1 Å². The predicted octanol–water partition coefficient (Wildman–Crippen LogP) is 4.31. The molecule has 0 heterocycles. The van der Waals surface area contributed by atoms with Crippen molar-refractivity contribution in [2.75, 3.05) is 12.4 Å². The van der Waals surface area contributed by atoms with E-state index >= 15 is 0 Å². The summed E-state index contributed by atoms with van der Waals surface area (Å²) >= 11 is 0. The summed E-state index contributed by atoms with van der Waals surface area (Å²) in [5.74, 6) is -0.406. The molecule has 2 rings (SSSR count). The number of urea groups is 1. The van der Waals surface area contributed by atoms with Gasteiger partial charge in [-0.1, -0.05) is 37.6 Å². The molecule has 1 atom stereocenters. The summed E-state index contributed by atoms with van der Waals surface area (Å²) in [5.41, 5.74) is 3.40. The van der Waals surface area contributed by atoms with Crippen molar-refractivity contribution < 1.29 is 14.3 Å². The fourth-order valence-electron chi connectivity index (χ4n) is 2.52. The average molecular weight is 340 g/mol. The summed E-state index contributed by atoms with van der Waals surface area (Å²) in [5, 5.41) is 5.66. The maximum atomic E-state index is 12.1. The molecule has 0 aliphatic carbocycles. The van der Waals surface area contributed by atoms with Gasteiger partial charge in [-0.25, -0.2) is 9.59 Å². The van der Waals surface area contributed by atoms with E-state index in [1.54, 1.807) is 24.3 Å². The maximum absolute atomic E-state index is 12.1. The molecular formula is C20H24N2O3. The molecule has 0 bridgehead atoms. The van der Waals surface area contributed by atoms with Crippen LogP contribution in [0.2, 0.25) is 0 Å². The number of anilines is 1. The van der Waals surface area contributed by atoms with E-state index in [9.17, 15) is 9.59 Å². The van der Waals surface area contributed by atoms with Gasteiger partial charge in [0.05, 0.1) is 18.7 Å². The highest BCUT2D eigenvalue weighted by Crippen LogP contribution is 2.15. The van der Waals surface area contributed by atoms with Crippen molar-refractivity contribution in [3.8, 4) is 0 Å². The van der Waals surface area contributed by atoms with Crippen molar-refractivity contribution in [3.63, 3.8) is 0 Å². The van der Waals surface area contributed by atoms with Crippen LogP contribution in [0.25, 0.3) is 0 Å². The first-order valence-corrected chi connectivity index (χ1v) is 8.38. The lowest BCUT2D eigenvalue weighted by atomic mass is 10.0. The van der Waals surface area contributed by atoms with E-state index in [1.807, 2.05) is 19.1 Å². The van der Waals surface area contributed by atoms with Crippen LogP contribution < -0.4 is 10.6 Å². The lowest BCUT2D eigenvalue weighted by molar-refractivity contribution is 0.0600. The number of hydrogen-bond donors (Lipinski definition) is 2. The largest absolute Gasteiger partial charge is 0.465 e. The Morgan fingerprint density at radius 2 is 1.68 bits per heavy atom. The fraction of sp³-hybridized carbons (Fsp3) is 0.300. The van der Waals surface area contributed by atoms with Gasteiger partial charge in [0.2, 0.25) is 0 Å². The number of rotatable bonds is 6. The Hall–Kier alpha value is -2.82. The lowest BCUT2D eigenvalue weighted by Gasteiger charge is -2.15. The summed E-state index contributed by atoms with van der Waals surface area (Å²) in [6.07, 6.45) is 2.18. The monoisotopic (exact) mass is 340 g/mol. The first-order chi connectivity index (χ1) is 12.0. The number of carbonyl (C=O) groups excluding carboxylic acids is 2. The van der Waals surface area contributed by atoms with Gasteiger partial charge < -0.3 is 15.4 Å². The Morgan fingerprint density at radius 1 is 1.04 bits per heavy atom. The molecule has 0 aliphatic rings. The van der Waals surface area contributed by atoms with E-state index in [1.165, 1.54) is 12.7 Å². The van der Waals surface area contributed by atoms with Crippen LogP contribution in [0.3, 0.4) is 0 Å². The summed E-state index contributed by atoms with van der Waals surface area (Å²) in [6.45, 7) is 4.09. The van der Waals surface area contributed by atoms with Crippen LogP contribution in [0.1, 0.15) is 47.8 Å². The van der Waals surface area contributed by atoms with Crippen LogP contribution in [-0.2, 0) is 11.2 Å². The van der Waals surface area contributed by atoms with Gasteiger partial charge in [0, 0.05) is 5.69 Å². The number of methoxy groups -OCH3 is 1. The summed E-state index contributed by atoms with van der Waals surface area (Å²) < 4.78 is 4.64. The van der Waals surface area contributed by atoms with Crippen molar-refractivity contribution in [2.45, 2.75) is 32.7 Å². The number of esters is 1. The molecule has 5 nitrogen and oxygen atoms in total. The minimum absolute atomic E-state index is 0.106. The second-order valence-corrected chi connectivity index (χ2v) is 5.88. The number of benzene rings is 2. The number of ether oxygens (including phenoxy) is 1. The van der Waals surface area contributed by atoms with E-state index < -0.39 is 5.97 Å². The van der Waals surface area contributed by atoms with Crippen molar-refractivity contribution >= 4 is 17.7 Å². The van der Waals surface area contributed by atoms with Gasteiger partial charge in [-0.05, 0) is 48.7 Å². The van der Waals surface area contributed by atoms with Crippen LogP contribution in [-0.4, -0.2) is 19.1 Å². The third-order valence-corrected chi connectivity index (χ3v) is 3.93. The summed E-state index contributed by atoms with van der Waals surface area (Å²) in [4.78, 5) is 23.5. The van der Waals surface area contributed by atoms with Gasteiger partial charge in [0.1, 0.15) is 0 Å². The van der Waals surface area contributed by atoms with Crippen molar-refractivity contribution in [1.82, 2.24) is 5.32 Å². The second kappa shape index (κ2) is 8.87. The van der Waals surface area contributed by atoms with Gasteiger partial charge in [0.15, 0.2) is 0 Å². The molecule has 0 spiro atoms. The van der Waals surface area contributed by atoms with E-state index in [0.717, 1.165) is 18.4 Å². The van der Waals surface area contributed by atoms with Crippen molar-refractivity contribution in [3.05, 3.63) is 65.2 Å². The molecule has 2 aromatic carbocycles. The SMILES string of the molecule is CCCc1ccc(C(C)NC(=O)Nc2ccc(C(=O)OC)cc2)cc1. The third-order valence-electron chi connectivity index (χ3n) is 3.93. The normalized spacial score (nSPS) is 11.5. The molecule has 0 aromatic heterocycles. The molecule has 0 aliphatic heterocycles. The molecule has 132 valence electrons. The Morgan fingerprint density at radius 3 is 2.24 bits per heavy atom. The van der Waals surface area contributed by atoms with Gasteiger partial charge in [0.25, 0.3) is 0 Å². The average Bonchev–Trinajstić information content (AvgIpc) is 2.62. The molecule has 5 heteroatoms. The van der Waals surface area contributed by atoms with Crippen LogP contribution in [0.15, 0.2) is 48.5 Å². The first-order valence-electron chi connectivity index (χ1n) is 8.38. The topological polar surface area (TPSA) is 67.4 Å². The molecule has 0 fully saturated rings. The zero-order valence-corrected chi connectivity index (χ0v) is 14.8. The second-order valence-electron chi connectivity index (χ2n) is 5.88. The fourth-order valence-corrected chi connectivity index (χ4v) is 2.52.